The fourth-order valence-electron chi connectivity index (χ4n) is 4.02. The molecule has 2 saturated heterocycles. The van der Waals surface area contributed by atoms with Crippen LogP contribution in [0.5, 0.6) is 5.75 Å². The van der Waals surface area contributed by atoms with Crippen molar-refractivity contribution < 1.29 is 24.4 Å². The molecule has 3 aliphatic rings. The lowest BCUT2D eigenvalue weighted by Gasteiger charge is -2.37. The molecule has 1 aromatic rings. The van der Waals surface area contributed by atoms with E-state index in [9.17, 15) is 24.8 Å². The third-order valence-corrected chi connectivity index (χ3v) is 5.63. The molecule has 12 heteroatoms. The highest BCUT2D eigenvalue weighted by molar-refractivity contribution is 6.03. The number of nitrogens with one attached hydrogen (secondary N) is 1. The van der Waals surface area contributed by atoms with Gasteiger partial charge in [0.15, 0.2) is 18.2 Å². The largest absolute Gasteiger partial charge is 0.491 e. The van der Waals surface area contributed by atoms with E-state index in [-0.39, 0.29) is 18.8 Å². The highest BCUT2D eigenvalue weighted by atomic mass is 16.6. The van der Waals surface area contributed by atoms with Crippen LogP contribution in [-0.2, 0) is 4.79 Å². The van der Waals surface area contributed by atoms with E-state index in [0.29, 0.717) is 11.7 Å². The molecule has 3 unspecified atom stereocenters. The van der Waals surface area contributed by atoms with Crippen molar-refractivity contribution in [1.29, 1.82) is 0 Å². The second-order valence-corrected chi connectivity index (χ2v) is 7.76. The number of aliphatic hydroxyl groups excluding tert-OH is 1. The van der Waals surface area contributed by atoms with Gasteiger partial charge in [0.1, 0.15) is 18.5 Å². The van der Waals surface area contributed by atoms with Crippen molar-refractivity contribution in [3.05, 3.63) is 34.4 Å². The molecule has 3 aliphatic heterocycles. The maximum Gasteiger partial charge on any atom is 0.325 e. The Bertz CT molecular complexity index is 900. The van der Waals surface area contributed by atoms with Gasteiger partial charge in [0.05, 0.1) is 11.5 Å². The first-order chi connectivity index (χ1) is 14.8. The van der Waals surface area contributed by atoms with Crippen molar-refractivity contribution in [3.8, 4) is 5.75 Å². The third-order valence-electron chi connectivity index (χ3n) is 5.63. The Morgan fingerprint density at radius 1 is 1.29 bits per heavy atom. The summed E-state index contributed by atoms with van der Waals surface area (Å²) in [6, 6.07) is 4.34. The van der Waals surface area contributed by atoms with Crippen LogP contribution in [0, 0.1) is 10.1 Å². The number of guanidine groups is 1. The first kappa shape index (κ1) is 20.8. The minimum Gasteiger partial charge on any atom is -0.491 e. The molecule has 3 amide bonds. The summed E-state index contributed by atoms with van der Waals surface area (Å²) in [6.45, 7) is 1.60. The van der Waals surface area contributed by atoms with Crippen LogP contribution in [0.25, 0.3) is 0 Å². The number of imide groups is 1. The van der Waals surface area contributed by atoms with Gasteiger partial charge in [-0.3, -0.25) is 20.2 Å². The summed E-state index contributed by atoms with van der Waals surface area (Å²) in [5.41, 5.74) is -0.0514. The van der Waals surface area contributed by atoms with E-state index >= 15 is 0 Å². The van der Waals surface area contributed by atoms with Crippen molar-refractivity contribution in [2.75, 3.05) is 33.3 Å². The molecule has 12 nitrogen and oxygen atoms in total. The number of rotatable bonds is 6. The fraction of sp³-hybridized carbons (Fsp3) is 0.526. The van der Waals surface area contributed by atoms with Crippen molar-refractivity contribution in [1.82, 2.24) is 20.0 Å². The lowest BCUT2D eigenvalue weighted by atomic mass is 10.1. The molecular weight excluding hydrogens is 408 g/mol. The zero-order valence-corrected chi connectivity index (χ0v) is 17.0. The summed E-state index contributed by atoms with van der Waals surface area (Å²) in [5.74, 6) is 0.534. The predicted molar refractivity (Wildman–Crippen MR) is 108 cm³/mol. The number of carbonyl (C=O) groups is 2. The minimum absolute atomic E-state index is 0.0514. The Morgan fingerprint density at radius 2 is 1.97 bits per heavy atom. The van der Waals surface area contributed by atoms with Gasteiger partial charge in [0, 0.05) is 32.3 Å². The Balaban J connectivity index is 1.45. The number of likely N-dealkylation sites (tertiary alicyclic amines) is 1. The molecule has 2 fully saturated rings. The van der Waals surface area contributed by atoms with Crippen LogP contribution in [0.15, 0.2) is 29.3 Å². The number of non-ortho nitro benzene ring substituents is 1. The summed E-state index contributed by atoms with van der Waals surface area (Å²) in [6.07, 6.45) is 0.404. The number of amides is 3. The molecule has 166 valence electrons. The Hall–Kier alpha value is -3.41. The SMILES string of the molecule is CN1C(=O)NC(=O)C2C1N=C(N1CCCC1)N2CC(O)COc1ccc([N+](=O)[O-])cc1. The van der Waals surface area contributed by atoms with Crippen molar-refractivity contribution in [3.63, 3.8) is 0 Å². The number of benzene rings is 1. The van der Waals surface area contributed by atoms with Gasteiger partial charge in [-0.15, -0.1) is 0 Å². The predicted octanol–water partition coefficient (Wildman–Crippen LogP) is -0.0218. The Labute approximate surface area is 178 Å². The first-order valence-corrected chi connectivity index (χ1v) is 10.1. The summed E-state index contributed by atoms with van der Waals surface area (Å²) in [5, 5.41) is 23.7. The number of nitro benzene ring substituents is 1. The van der Waals surface area contributed by atoms with Gasteiger partial charge in [-0.05, 0) is 25.0 Å². The van der Waals surface area contributed by atoms with E-state index in [4.69, 9.17) is 4.74 Å². The van der Waals surface area contributed by atoms with Gasteiger partial charge in [-0.25, -0.2) is 9.79 Å². The van der Waals surface area contributed by atoms with Crippen LogP contribution in [0.2, 0.25) is 0 Å². The number of hydrogen-bond acceptors (Lipinski definition) is 9. The third kappa shape index (κ3) is 4.10. The average molecular weight is 432 g/mol. The summed E-state index contributed by atoms with van der Waals surface area (Å²) in [4.78, 5) is 44.7. The zero-order chi connectivity index (χ0) is 22.1. The molecule has 0 saturated carbocycles. The quantitative estimate of drug-likeness (QED) is 0.472. The monoisotopic (exact) mass is 432 g/mol. The van der Waals surface area contributed by atoms with E-state index in [0.717, 1.165) is 25.9 Å². The van der Waals surface area contributed by atoms with Crippen molar-refractivity contribution >= 4 is 23.6 Å². The van der Waals surface area contributed by atoms with E-state index in [1.807, 2.05) is 0 Å². The molecule has 31 heavy (non-hydrogen) atoms. The number of β-amino-alcohol motifs (C(OH)–C–C–N with tert-alkyl or cyclic N) is 1. The number of likely N-dealkylation sites (N-methyl/N-ethyl adjacent to an activating group) is 1. The van der Waals surface area contributed by atoms with E-state index in [1.54, 1.807) is 11.9 Å². The Kier molecular flexibility index (Phi) is 5.63. The maximum atomic E-state index is 12.6. The maximum absolute atomic E-state index is 12.6. The molecule has 4 rings (SSSR count). The molecule has 0 aliphatic carbocycles. The number of nitrogens with zero attached hydrogens (tertiary/aromatic N) is 5. The molecule has 0 spiro atoms. The number of hydrogen-bond donors (Lipinski definition) is 2. The van der Waals surface area contributed by atoms with Gasteiger partial charge < -0.3 is 24.5 Å². The van der Waals surface area contributed by atoms with Gasteiger partial charge in [0.2, 0.25) is 0 Å². The molecule has 3 atom stereocenters. The number of aliphatic imine (C=N–C) groups is 1. The zero-order valence-electron chi connectivity index (χ0n) is 17.0. The molecule has 0 bridgehead atoms. The van der Waals surface area contributed by atoms with E-state index in [1.165, 1.54) is 29.2 Å². The van der Waals surface area contributed by atoms with Gasteiger partial charge >= 0.3 is 6.03 Å². The standard InChI is InChI=1S/C19H24N6O6/c1-22-16-15(17(27)21-19(22)28)24(18(20-16)23-8-2-3-9-23)10-13(26)11-31-14-6-4-12(5-7-14)25(29)30/h4-7,13,15-16,26H,2-3,8-11H2,1H3,(H,21,27,28). The molecular formula is C19H24N6O6. The van der Waals surface area contributed by atoms with E-state index < -0.39 is 35.2 Å². The molecule has 3 heterocycles. The number of fused-ring (bicyclic) bond motifs is 1. The van der Waals surface area contributed by atoms with Crippen molar-refractivity contribution in [2.24, 2.45) is 4.99 Å². The summed E-state index contributed by atoms with van der Waals surface area (Å²) >= 11 is 0. The molecule has 0 radical (unpaired) electrons. The molecule has 1 aromatic carbocycles. The Morgan fingerprint density at radius 3 is 2.61 bits per heavy atom. The number of nitro groups is 1. The van der Waals surface area contributed by atoms with Crippen LogP contribution >= 0.6 is 0 Å². The number of ether oxygens (including phenoxy) is 1. The fourth-order valence-corrected chi connectivity index (χ4v) is 4.02. The highest BCUT2D eigenvalue weighted by Crippen LogP contribution is 2.27. The normalized spacial score (nSPS) is 24.1. The van der Waals surface area contributed by atoms with Crippen LogP contribution in [-0.4, -0.2) is 94.2 Å². The topological polar surface area (TPSA) is 141 Å². The van der Waals surface area contributed by atoms with Gasteiger partial charge in [0.25, 0.3) is 11.6 Å². The van der Waals surface area contributed by atoms with Crippen LogP contribution in [0.4, 0.5) is 10.5 Å². The molecule has 0 aromatic heterocycles. The van der Waals surface area contributed by atoms with Crippen LogP contribution < -0.4 is 10.1 Å². The van der Waals surface area contributed by atoms with Crippen molar-refractivity contribution in [2.45, 2.75) is 31.2 Å². The second kappa shape index (κ2) is 8.38. The van der Waals surface area contributed by atoms with Crippen LogP contribution in [0.1, 0.15) is 12.8 Å². The van der Waals surface area contributed by atoms with E-state index in [2.05, 4.69) is 15.2 Å². The summed E-state index contributed by atoms with van der Waals surface area (Å²) in [7, 11) is 1.59. The first-order valence-electron chi connectivity index (χ1n) is 10.1. The molecule has 2 N–H and O–H groups in total. The number of aliphatic hydroxyl groups is 1. The lowest BCUT2D eigenvalue weighted by molar-refractivity contribution is -0.384. The van der Waals surface area contributed by atoms with Crippen LogP contribution in [0.3, 0.4) is 0 Å². The average Bonchev–Trinajstić information content (AvgIpc) is 3.39. The second-order valence-electron chi connectivity index (χ2n) is 7.76. The minimum atomic E-state index is -0.961. The highest BCUT2D eigenvalue weighted by Gasteiger charge is 2.50. The number of carbonyl (C=O) groups excluding carboxylic acids is 2. The summed E-state index contributed by atoms with van der Waals surface area (Å²) < 4.78 is 5.56. The lowest BCUT2D eigenvalue weighted by Crippen LogP contribution is -2.65. The smallest absolute Gasteiger partial charge is 0.325 e. The number of urea groups is 1. The van der Waals surface area contributed by atoms with Gasteiger partial charge in [-0.2, -0.15) is 0 Å². The van der Waals surface area contributed by atoms with Gasteiger partial charge in [-0.1, -0.05) is 0 Å².